The summed E-state index contributed by atoms with van der Waals surface area (Å²) in [4.78, 5) is 13.0. The molecule has 158 valence electrons. The van der Waals surface area contributed by atoms with Crippen LogP contribution in [0.3, 0.4) is 0 Å². The van der Waals surface area contributed by atoms with Crippen molar-refractivity contribution in [3.8, 4) is 23.0 Å². The molecule has 0 fully saturated rings. The minimum atomic E-state index is -0.915. The number of hydrogen-bond acceptors (Lipinski definition) is 6. The van der Waals surface area contributed by atoms with E-state index in [0.717, 1.165) is 5.56 Å². The van der Waals surface area contributed by atoms with Crippen molar-refractivity contribution in [1.29, 1.82) is 0 Å². The van der Waals surface area contributed by atoms with E-state index >= 15 is 0 Å². The van der Waals surface area contributed by atoms with E-state index < -0.39 is 18.1 Å². The van der Waals surface area contributed by atoms with E-state index in [4.69, 9.17) is 18.9 Å². The minimum absolute atomic E-state index is 0.429. The summed E-state index contributed by atoms with van der Waals surface area (Å²) in [5.74, 6) is 1.92. The van der Waals surface area contributed by atoms with E-state index in [-0.39, 0.29) is 0 Å². The first-order valence-corrected chi connectivity index (χ1v) is 9.72. The largest absolute Gasteiger partial charge is 0.497 e. The Balaban J connectivity index is 1.55. The Morgan fingerprint density at radius 1 is 0.935 bits per heavy atom. The molecule has 0 radical (unpaired) electrons. The number of carbonyl (C=O) groups is 1. The second-order valence-corrected chi connectivity index (χ2v) is 6.78. The lowest BCUT2D eigenvalue weighted by Gasteiger charge is -2.32. The smallest absolute Gasteiger partial charge is 0.285 e. The molecule has 0 bridgehead atoms. The molecule has 1 amide bonds. The third kappa shape index (κ3) is 4.45. The van der Waals surface area contributed by atoms with Crippen molar-refractivity contribution < 1.29 is 23.7 Å². The number of nitrogens with zero attached hydrogens (tertiary/aromatic N) is 1. The molecule has 3 aromatic rings. The standard InChI is InChI=1S/C24H22N2O5/c1-28-18-12-13-19(29-2)17(14-18)15-25-26-24(27)23-22(16-8-4-3-5-9-16)30-20-10-6-7-11-21(20)31-23/h3-15,22-23H,1-2H3,(H,26,27)/b25-15-/t22-,23+/m1/s1. The molecule has 1 heterocycles. The highest BCUT2D eigenvalue weighted by Crippen LogP contribution is 2.39. The van der Waals surface area contributed by atoms with Gasteiger partial charge in [-0.25, -0.2) is 5.43 Å². The predicted molar refractivity (Wildman–Crippen MR) is 116 cm³/mol. The Labute approximate surface area is 180 Å². The first kappa shape index (κ1) is 20.3. The minimum Gasteiger partial charge on any atom is -0.497 e. The van der Waals surface area contributed by atoms with Crippen LogP contribution in [0.25, 0.3) is 0 Å². The van der Waals surface area contributed by atoms with Crippen molar-refractivity contribution in [1.82, 2.24) is 5.43 Å². The first-order valence-electron chi connectivity index (χ1n) is 9.72. The average Bonchev–Trinajstić information content (AvgIpc) is 2.83. The number of para-hydroxylation sites is 2. The van der Waals surface area contributed by atoms with E-state index in [0.29, 0.717) is 28.6 Å². The van der Waals surface area contributed by atoms with Gasteiger partial charge in [-0.15, -0.1) is 0 Å². The molecule has 1 N–H and O–H groups in total. The molecule has 0 unspecified atom stereocenters. The zero-order chi connectivity index (χ0) is 21.6. The molecular formula is C24H22N2O5. The van der Waals surface area contributed by atoms with Crippen molar-refractivity contribution >= 4 is 12.1 Å². The third-order valence-electron chi connectivity index (χ3n) is 4.83. The van der Waals surface area contributed by atoms with Gasteiger partial charge in [-0.1, -0.05) is 42.5 Å². The lowest BCUT2D eigenvalue weighted by atomic mass is 10.0. The van der Waals surface area contributed by atoms with Crippen molar-refractivity contribution in [2.24, 2.45) is 5.10 Å². The number of amides is 1. The highest BCUT2D eigenvalue weighted by atomic mass is 16.6. The molecule has 7 nitrogen and oxygen atoms in total. The van der Waals surface area contributed by atoms with E-state index in [9.17, 15) is 4.79 Å². The van der Waals surface area contributed by atoms with Crippen LogP contribution >= 0.6 is 0 Å². The molecule has 4 rings (SSSR count). The zero-order valence-corrected chi connectivity index (χ0v) is 17.1. The first-order chi connectivity index (χ1) is 15.2. The van der Waals surface area contributed by atoms with E-state index in [1.165, 1.54) is 6.21 Å². The third-order valence-corrected chi connectivity index (χ3v) is 4.83. The topological polar surface area (TPSA) is 78.4 Å². The van der Waals surface area contributed by atoms with Gasteiger partial charge in [0.1, 0.15) is 11.5 Å². The van der Waals surface area contributed by atoms with Gasteiger partial charge >= 0.3 is 0 Å². The molecule has 0 saturated carbocycles. The fourth-order valence-electron chi connectivity index (χ4n) is 3.29. The van der Waals surface area contributed by atoms with E-state index in [1.54, 1.807) is 38.5 Å². The maximum Gasteiger partial charge on any atom is 0.285 e. The Bertz CT molecular complexity index is 1080. The van der Waals surface area contributed by atoms with Crippen LogP contribution in [0.5, 0.6) is 23.0 Å². The second kappa shape index (κ2) is 9.21. The summed E-state index contributed by atoms with van der Waals surface area (Å²) in [5.41, 5.74) is 4.04. The Hall–Kier alpha value is -4.00. The van der Waals surface area contributed by atoms with Gasteiger partial charge in [-0.3, -0.25) is 4.79 Å². The molecule has 0 spiro atoms. The van der Waals surface area contributed by atoms with Crippen LogP contribution in [0.2, 0.25) is 0 Å². The Morgan fingerprint density at radius 3 is 2.35 bits per heavy atom. The predicted octanol–water partition coefficient (Wildman–Crippen LogP) is 3.74. The molecule has 3 aromatic carbocycles. The molecule has 1 aliphatic rings. The monoisotopic (exact) mass is 418 g/mol. The number of ether oxygens (including phenoxy) is 4. The SMILES string of the molecule is COc1ccc(OC)c(/C=N\NC(=O)[C@H]2Oc3ccccc3O[C@@H]2c2ccccc2)c1. The molecule has 7 heteroatoms. The summed E-state index contributed by atoms with van der Waals surface area (Å²) in [6.07, 6.45) is -0.0340. The Kier molecular flexibility index (Phi) is 6.03. The fraction of sp³-hybridized carbons (Fsp3) is 0.167. The molecular weight excluding hydrogens is 396 g/mol. The number of hydrogen-bond donors (Lipinski definition) is 1. The van der Waals surface area contributed by atoms with Gasteiger partial charge in [-0.05, 0) is 35.9 Å². The number of hydrazone groups is 1. The van der Waals surface area contributed by atoms with Crippen molar-refractivity contribution in [2.45, 2.75) is 12.2 Å². The number of nitrogens with one attached hydrogen (secondary N) is 1. The maximum absolute atomic E-state index is 13.0. The van der Waals surface area contributed by atoms with Crippen LogP contribution in [0.1, 0.15) is 17.2 Å². The summed E-state index contributed by atoms with van der Waals surface area (Å²) < 4.78 is 22.7. The maximum atomic E-state index is 13.0. The lowest BCUT2D eigenvalue weighted by Crippen LogP contribution is -2.44. The van der Waals surface area contributed by atoms with Gasteiger partial charge in [0.25, 0.3) is 5.91 Å². The van der Waals surface area contributed by atoms with Crippen LogP contribution in [-0.4, -0.2) is 32.4 Å². The summed E-state index contributed by atoms with van der Waals surface area (Å²) in [6.45, 7) is 0. The normalized spacial score (nSPS) is 17.2. The van der Waals surface area contributed by atoms with Gasteiger partial charge in [-0.2, -0.15) is 5.10 Å². The van der Waals surface area contributed by atoms with Crippen LogP contribution in [0.4, 0.5) is 0 Å². The highest BCUT2D eigenvalue weighted by molar-refractivity contribution is 5.87. The van der Waals surface area contributed by atoms with Crippen LogP contribution < -0.4 is 24.4 Å². The van der Waals surface area contributed by atoms with Crippen molar-refractivity contribution in [3.63, 3.8) is 0 Å². The van der Waals surface area contributed by atoms with Gasteiger partial charge in [0.15, 0.2) is 17.6 Å². The summed E-state index contributed by atoms with van der Waals surface area (Å²) >= 11 is 0. The zero-order valence-electron chi connectivity index (χ0n) is 17.1. The molecule has 0 saturated heterocycles. The van der Waals surface area contributed by atoms with E-state index in [2.05, 4.69) is 10.5 Å². The number of fused-ring (bicyclic) bond motifs is 1. The highest BCUT2D eigenvalue weighted by Gasteiger charge is 2.38. The second-order valence-electron chi connectivity index (χ2n) is 6.78. The molecule has 31 heavy (non-hydrogen) atoms. The van der Waals surface area contributed by atoms with Crippen molar-refractivity contribution in [3.05, 3.63) is 83.9 Å². The average molecular weight is 418 g/mol. The molecule has 1 aliphatic heterocycles. The molecule has 0 aromatic heterocycles. The quantitative estimate of drug-likeness (QED) is 0.487. The lowest BCUT2D eigenvalue weighted by molar-refractivity contribution is -0.134. The van der Waals surface area contributed by atoms with Gasteiger partial charge in [0.05, 0.1) is 20.4 Å². The number of methoxy groups -OCH3 is 2. The van der Waals surface area contributed by atoms with E-state index in [1.807, 2.05) is 48.5 Å². The molecule has 2 atom stereocenters. The summed E-state index contributed by atoms with van der Waals surface area (Å²) in [7, 11) is 3.14. The summed E-state index contributed by atoms with van der Waals surface area (Å²) in [6, 6.07) is 22.0. The number of carbonyl (C=O) groups excluding carboxylic acids is 1. The Morgan fingerprint density at radius 2 is 1.65 bits per heavy atom. The van der Waals surface area contributed by atoms with Gasteiger partial charge < -0.3 is 18.9 Å². The molecule has 0 aliphatic carbocycles. The number of benzene rings is 3. The van der Waals surface area contributed by atoms with Gasteiger partial charge in [0.2, 0.25) is 6.10 Å². The fourth-order valence-corrected chi connectivity index (χ4v) is 3.29. The summed E-state index contributed by atoms with van der Waals surface area (Å²) in [5, 5.41) is 4.09. The van der Waals surface area contributed by atoms with Gasteiger partial charge in [0, 0.05) is 5.56 Å². The number of rotatable bonds is 6. The van der Waals surface area contributed by atoms with Crippen molar-refractivity contribution in [2.75, 3.05) is 14.2 Å². The van der Waals surface area contributed by atoms with Crippen LogP contribution in [-0.2, 0) is 4.79 Å². The van der Waals surface area contributed by atoms with Crippen LogP contribution in [0.15, 0.2) is 77.9 Å². The van der Waals surface area contributed by atoms with Crippen LogP contribution in [0, 0.1) is 0 Å².